The summed E-state index contributed by atoms with van der Waals surface area (Å²) < 4.78 is 39.1. The van der Waals surface area contributed by atoms with Crippen LogP contribution in [0.5, 0.6) is 0 Å². The molecule has 4 rings (SSSR count). The van der Waals surface area contributed by atoms with Crippen molar-refractivity contribution in [2.45, 2.75) is 18.6 Å². The van der Waals surface area contributed by atoms with Crippen molar-refractivity contribution in [2.75, 3.05) is 13.1 Å². The summed E-state index contributed by atoms with van der Waals surface area (Å²) in [6.07, 6.45) is -3.56. The van der Waals surface area contributed by atoms with Gasteiger partial charge in [0.2, 0.25) is 0 Å². The molecule has 0 spiro atoms. The lowest BCUT2D eigenvalue weighted by molar-refractivity contribution is -0.137. The molecule has 7 heteroatoms. The van der Waals surface area contributed by atoms with E-state index in [0.717, 1.165) is 37.0 Å². The highest BCUT2D eigenvalue weighted by Crippen LogP contribution is 2.32. The zero-order valence-electron chi connectivity index (χ0n) is 14.9. The van der Waals surface area contributed by atoms with Crippen molar-refractivity contribution in [3.8, 4) is 11.3 Å². The molecule has 0 saturated carbocycles. The molecular weight excluding hydrogens is 367 g/mol. The molecule has 1 fully saturated rings. The number of benzene rings is 2. The van der Waals surface area contributed by atoms with E-state index in [1.54, 1.807) is 30.3 Å². The lowest BCUT2D eigenvalue weighted by Crippen LogP contribution is -2.36. The van der Waals surface area contributed by atoms with Crippen LogP contribution in [0.2, 0.25) is 0 Å². The highest BCUT2D eigenvalue weighted by atomic mass is 19.4. The van der Waals surface area contributed by atoms with Gasteiger partial charge in [0.25, 0.3) is 5.91 Å². The summed E-state index contributed by atoms with van der Waals surface area (Å²) in [6.45, 7) is 1.58. The van der Waals surface area contributed by atoms with E-state index in [1.165, 1.54) is 6.07 Å². The number of hydrogen-bond donors (Lipinski definition) is 2. The van der Waals surface area contributed by atoms with Gasteiger partial charge in [-0.15, -0.1) is 0 Å². The molecule has 0 bridgehead atoms. The van der Waals surface area contributed by atoms with Crippen molar-refractivity contribution < 1.29 is 18.0 Å². The molecule has 2 aromatic carbocycles. The van der Waals surface area contributed by atoms with E-state index in [4.69, 9.17) is 0 Å². The van der Waals surface area contributed by atoms with Gasteiger partial charge in [-0.2, -0.15) is 13.2 Å². The molecule has 2 heterocycles. The van der Waals surface area contributed by atoms with Crippen LogP contribution in [0.15, 0.2) is 54.6 Å². The maximum atomic E-state index is 13.0. The Balaban J connectivity index is 1.73. The molecule has 1 aromatic heterocycles. The number of pyridine rings is 1. The SMILES string of the molecule is O=C(NC1CCNC1)c1cccc2ccc(-c3cccc(C(F)(F)F)c3)nc12. The Morgan fingerprint density at radius 1 is 1.11 bits per heavy atom. The first-order valence-electron chi connectivity index (χ1n) is 9.01. The van der Waals surface area contributed by atoms with Gasteiger partial charge in [-0.05, 0) is 37.2 Å². The van der Waals surface area contributed by atoms with Crippen molar-refractivity contribution in [2.24, 2.45) is 0 Å². The minimum Gasteiger partial charge on any atom is -0.348 e. The quantitative estimate of drug-likeness (QED) is 0.716. The van der Waals surface area contributed by atoms with Gasteiger partial charge in [-0.3, -0.25) is 4.79 Å². The fourth-order valence-corrected chi connectivity index (χ4v) is 3.39. The van der Waals surface area contributed by atoms with Crippen LogP contribution in [0.4, 0.5) is 13.2 Å². The summed E-state index contributed by atoms with van der Waals surface area (Å²) in [5.74, 6) is -0.229. The molecular formula is C21H18F3N3O. The van der Waals surface area contributed by atoms with E-state index in [9.17, 15) is 18.0 Å². The third-order valence-corrected chi connectivity index (χ3v) is 4.85. The van der Waals surface area contributed by atoms with Crippen molar-refractivity contribution in [3.63, 3.8) is 0 Å². The summed E-state index contributed by atoms with van der Waals surface area (Å²) in [5, 5.41) is 6.93. The van der Waals surface area contributed by atoms with Gasteiger partial charge in [0.15, 0.2) is 0 Å². The van der Waals surface area contributed by atoms with Gasteiger partial charge in [-0.25, -0.2) is 4.98 Å². The zero-order valence-corrected chi connectivity index (χ0v) is 14.9. The minimum absolute atomic E-state index is 0.0643. The van der Waals surface area contributed by atoms with E-state index >= 15 is 0 Å². The van der Waals surface area contributed by atoms with Gasteiger partial charge in [0.05, 0.1) is 22.3 Å². The van der Waals surface area contributed by atoms with Crippen LogP contribution in [-0.2, 0) is 6.18 Å². The Kier molecular flexibility index (Phi) is 4.77. The van der Waals surface area contributed by atoms with E-state index < -0.39 is 11.7 Å². The fourth-order valence-electron chi connectivity index (χ4n) is 3.39. The Labute approximate surface area is 159 Å². The Morgan fingerprint density at radius 2 is 1.93 bits per heavy atom. The molecule has 0 radical (unpaired) electrons. The second kappa shape index (κ2) is 7.24. The lowest BCUT2D eigenvalue weighted by Gasteiger charge is -2.13. The van der Waals surface area contributed by atoms with E-state index in [2.05, 4.69) is 15.6 Å². The number of para-hydroxylation sites is 1. The normalized spacial score (nSPS) is 17.0. The fraction of sp³-hybridized carbons (Fsp3) is 0.238. The number of carbonyl (C=O) groups excluding carboxylic acids is 1. The predicted molar refractivity (Wildman–Crippen MR) is 101 cm³/mol. The first-order chi connectivity index (χ1) is 13.4. The van der Waals surface area contributed by atoms with E-state index in [1.807, 2.05) is 6.07 Å². The van der Waals surface area contributed by atoms with E-state index in [0.29, 0.717) is 22.3 Å². The standard InChI is InChI=1S/C21H18F3N3O/c22-21(23,24)15-5-1-4-14(11-15)18-8-7-13-3-2-6-17(19(13)27-18)20(28)26-16-9-10-25-12-16/h1-8,11,16,25H,9-10,12H2,(H,26,28). The van der Waals surface area contributed by atoms with Gasteiger partial charge in [-0.1, -0.05) is 30.3 Å². The molecule has 1 aliphatic heterocycles. The first-order valence-corrected chi connectivity index (χ1v) is 9.01. The molecule has 0 aliphatic carbocycles. The Hall–Kier alpha value is -2.93. The number of fused-ring (bicyclic) bond motifs is 1. The second-order valence-corrected chi connectivity index (χ2v) is 6.82. The highest BCUT2D eigenvalue weighted by Gasteiger charge is 2.30. The maximum absolute atomic E-state index is 13.0. The number of aromatic nitrogens is 1. The van der Waals surface area contributed by atoms with Gasteiger partial charge in [0, 0.05) is 23.5 Å². The molecule has 4 nitrogen and oxygen atoms in total. The number of rotatable bonds is 3. The number of halogens is 3. The number of nitrogens with zero attached hydrogens (tertiary/aromatic N) is 1. The topological polar surface area (TPSA) is 54.0 Å². The van der Waals surface area contributed by atoms with Crippen LogP contribution in [0.25, 0.3) is 22.2 Å². The molecule has 144 valence electrons. The number of hydrogen-bond acceptors (Lipinski definition) is 3. The summed E-state index contributed by atoms with van der Waals surface area (Å²) >= 11 is 0. The van der Waals surface area contributed by atoms with Crippen LogP contribution >= 0.6 is 0 Å². The molecule has 1 aliphatic rings. The summed E-state index contributed by atoms with van der Waals surface area (Å²) in [5.41, 5.74) is 0.902. The molecule has 28 heavy (non-hydrogen) atoms. The predicted octanol–water partition coefficient (Wildman–Crippen LogP) is 4.01. The number of amides is 1. The average Bonchev–Trinajstić information content (AvgIpc) is 3.19. The third kappa shape index (κ3) is 3.71. The highest BCUT2D eigenvalue weighted by molar-refractivity contribution is 6.06. The zero-order chi connectivity index (χ0) is 19.7. The van der Waals surface area contributed by atoms with Crippen LogP contribution < -0.4 is 10.6 Å². The van der Waals surface area contributed by atoms with Crippen molar-refractivity contribution in [1.82, 2.24) is 15.6 Å². The van der Waals surface area contributed by atoms with Crippen molar-refractivity contribution in [1.29, 1.82) is 0 Å². The summed E-state index contributed by atoms with van der Waals surface area (Å²) in [6, 6.07) is 13.8. The molecule has 1 saturated heterocycles. The summed E-state index contributed by atoms with van der Waals surface area (Å²) in [7, 11) is 0. The number of carbonyl (C=O) groups is 1. The average molecular weight is 385 g/mol. The third-order valence-electron chi connectivity index (χ3n) is 4.85. The molecule has 3 aromatic rings. The Bertz CT molecular complexity index is 1030. The monoisotopic (exact) mass is 385 g/mol. The molecule has 1 amide bonds. The van der Waals surface area contributed by atoms with Crippen LogP contribution in [-0.4, -0.2) is 30.0 Å². The Morgan fingerprint density at radius 3 is 2.68 bits per heavy atom. The molecule has 2 N–H and O–H groups in total. The molecule has 1 unspecified atom stereocenters. The smallest absolute Gasteiger partial charge is 0.348 e. The van der Waals surface area contributed by atoms with Gasteiger partial charge in [0.1, 0.15) is 0 Å². The summed E-state index contributed by atoms with van der Waals surface area (Å²) in [4.78, 5) is 17.2. The van der Waals surface area contributed by atoms with Crippen molar-refractivity contribution in [3.05, 3.63) is 65.7 Å². The molecule has 1 atom stereocenters. The lowest BCUT2D eigenvalue weighted by atomic mass is 10.0. The minimum atomic E-state index is -4.42. The van der Waals surface area contributed by atoms with Gasteiger partial charge >= 0.3 is 6.18 Å². The van der Waals surface area contributed by atoms with Crippen LogP contribution in [0.1, 0.15) is 22.3 Å². The van der Waals surface area contributed by atoms with Gasteiger partial charge < -0.3 is 10.6 Å². The largest absolute Gasteiger partial charge is 0.416 e. The van der Waals surface area contributed by atoms with Crippen LogP contribution in [0.3, 0.4) is 0 Å². The maximum Gasteiger partial charge on any atom is 0.416 e. The van der Waals surface area contributed by atoms with Crippen LogP contribution in [0, 0.1) is 0 Å². The van der Waals surface area contributed by atoms with E-state index in [-0.39, 0.29) is 11.9 Å². The van der Waals surface area contributed by atoms with Crippen molar-refractivity contribution >= 4 is 16.8 Å². The number of alkyl halides is 3. The first kappa shape index (κ1) is 18.4. The second-order valence-electron chi connectivity index (χ2n) is 6.82. The number of nitrogens with one attached hydrogen (secondary N) is 2.